The van der Waals surface area contributed by atoms with Gasteiger partial charge in [-0.05, 0) is 42.8 Å². The maximum atomic E-state index is 14.0. The van der Waals surface area contributed by atoms with Gasteiger partial charge in [0.2, 0.25) is 5.79 Å². The minimum Gasteiger partial charge on any atom is -0.455 e. The van der Waals surface area contributed by atoms with Gasteiger partial charge in [-0.1, -0.05) is 65.8 Å². The van der Waals surface area contributed by atoms with Crippen LogP contribution in [0.1, 0.15) is 78.6 Å². The number of aliphatic hydroxyl groups is 1. The number of rotatable bonds is 9. The highest BCUT2D eigenvalue weighted by Gasteiger charge is 2.83. The summed E-state index contributed by atoms with van der Waals surface area (Å²) in [5, 5.41) is 12.7. The number of benzene rings is 1. The summed E-state index contributed by atoms with van der Waals surface area (Å²) in [6.07, 6.45) is -0.739. The van der Waals surface area contributed by atoms with Crippen LogP contribution in [-0.2, 0) is 37.8 Å². The SMILES string of the molecule is CC[Si](CC)(CC)O[C@H]1C[C@H]2OC[C@@]2(OC(C)=O)[C@H]2[C@H](OC(=O)c3ccccc3)[C@]3(CC(=O)C(C)=CC3(C)C)O[C@@](O)(C=O)[C@]12C. The Morgan fingerprint density at radius 3 is 2.24 bits per heavy atom. The van der Waals surface area contributed by atoms with E-state index in [1.54, 1.807) is 50.3 Å². The first kappa shape index (κ1) is 34.6. The lowest BCUT2D eigenvalue weighted by Crippen LogP contribution is -2.87. The fraction of sp³-hybridized carbons (Fsp3) is 0.657. The molecule has 0 unspecified atom stereocenters. The highest BCUT2D eigenvalue weighted by atomic mass is 28.4. The summed E-state index contributed by atoms with van der Waals surface area (Å²) in [4.78, 5) is 53.8. The molecule has 1 spiro atoms. The van der Waals surface area contributed by atoms with Gasteiger partial charge in [0, 0.05) is 25.2 Å². The maximum Gasteiger partial charge on any atom is 0.338 e. The van der Waals surface area contributed by atoms with Crippen molar-refractivity contribution in [2.45, 2.75) is 122 Å². The molecular formula is C35H48O10Si. The molecule has 0 bridgehead atoms. The summed E-state index contributed by atoms with van der Waals surface area (Å²) >= 11 is 0. The molecule has 2 saturated heterocycles. The van der Waals surface area contributed by atoms with E-state index >= 15 is 0 Å². The molecule has 1 aromatic rings. The van der Waals surface area contributed by atoms with Crippen molar-refractivity contribution in [2.75, 3.05) is 6.61 Å². The molecule has 2 aliphatic heterocycles. The Bertz CT molecular complexity index is 1410. The molecule has 1 saturated carbocycles. The van der Waals surface area contributed by atoms with Crippen molar-refractivity contribution in [1.82, 2.24) is 0 Å². The van der Waals surface area contributed by atoms with Crippen LogP contribution in [0, 0.1) is 16.7 Å². The Hall–Kier alpha value is -2.70. The second kappa shape index (κ2) is 11.8. The molecule has 11 heteroatoms. The minimum atomic E-state index is -2.53. The molecule has 252 valence electrons. The molecule has 0 aromatic heterocycles. The highest BCUT2D eigenvalue weighted by molar-refractivity contribution is 6.73. The Morgan fingerprint density at radius 2 is 1.72 bits per heavy atom. The van der Waals surface area contributed by atoms with E-state index in [9.17, 15) is 24.3 Å². The number of hydrogen-bond donors (Lipinski definition) is 1. The molecule has 3 fully saturated rings. The fourth-order valence-electron chi connectivity index (χ4n) is 8.76. The first-order chi connectivity index (χ1) is 21.5. The van der Waals surface area contributed by atoms with Gasteiger partial charge in [0.1, 0.15) is 17.8 Å². The molecule has 10 nitrogen and oxygen atoms in total. The van der Waals surface area contributed by atoms with Crippen LogP contribution < -0.4 is 0 Å². The van der Waals surface area contributed by atoms with E-state index in [2.05, 4.69) is 20.8 Å². The molecule has 2 heterocycles. The average molecular weight is 657 g/mol. The molecule has 4 aliphatic rings. The quantitative estimate of drug-likeness (QED) is 0.222. The zero-order valence-electron chi connectivity index (χ0n) is 28.2. The summed E-state index contributed by atoms with van der Waals surface area (Å²) in [7, 11) is -2.41. The van der Waals surface area contributed by atoms with Crippen LogP contribution in [0.3, 0.4) is 0 Å². The van der Waals surface area contributed by atoms with E-state index in [1.165, 1.54) is 6.92 Å². The molecule has 0 amide bonds. The van der Waals surface area contributed by atoms with Crippen LogP contribution in [0.4, 0.5) is 0 Å². The van der Waals surface area contributed by atoms with Crippen LogP contribution in [0.5, 0.6) is 0 Å². The summed E-state index contributed by atoms with van der Waals surface area (Å²) in [5.41, 5.74) is -5.06. The molecule has 0 radical (unpaired) electrons. The fourth-order valence-corrected chi connectivity index (χ4v) is 11.7. The van der Waals surface area contributed by atoms with E-state index in [1.807, 2.05) is 13.8 Å². The van der Waals surface area contributed by atoms with Crippen molar-refractivity contribution in [2.24, 2.45) is 16.7 Å². The van der Waals surface area contributed by atoms with E-state index < -0.39 is 72.3 Å². The topological polar surface area (TPSA) is 135 Å². The number of allylic oxidation sites excluding steroid dienone is 1. The number of hydrogen-bond acceptors (Lipinski definition) is 10. The van der Waals surface area contributed by atoms with Crippen LogP contribution >= 0.6 is 0 Å². The third-order valence-electron chi connectivity index (χ3n) is 11.8. The first-order valence-corrected chi connectivity index (χ1v) is 18.9. The number of esters is 2. The smallest absolute Gasteiger partial charge is 0.338 e. The van der Waals surface area contributed by atoms with Crippen LogP contribution in [0.2, 0.25) is 18.1 Å². The standard InChI is InChI=1S/C35H48O10Si/c1-9-46(10-2,11-3)44-26-17-27-33(21-41-27,43-23(5)37)28-29(42-30(39)24-15-13-12-14-16-24)34(45-35(40,20-36)32(26,28)8)19-25(38)22(4)18-31(34,6)7/h12-16,18,20,26-29,40H,9-11,17,19,21H2,1-8H3/t26-,27+,28-,29-,32+,33-,34-,35-/m0/s1. The van der Waals surface area contributed by atoms with Crippen molar-refractivity contribution in [3.8, 4) is 0 Å². The molecule has 5 rings (SSSR count). The summed E-state index contributed by atoms with van der Waals surface area (Å²) < 4.78 is 32.6. The summed E-state index contributed by atoms with van der Waals surface area (Å²) in [6, 6.07) is 10.8. The van der Waals surface area contributed by atoms with Crippen LogP contribution in [0.15, 0.2) is 42.0 Å². The molecule has 46 heavy (non-hydrogen) atoms. The third-order valence-corrected chi connectivity index (χ3v) is 16.4. The number of Topliss-reactive ketones (excluding diaryl/α,β-unsaturated/α-hetero) is 1. The van der Waals surface area contributed by atoms with Gasteiger partial charge >= 0.3 is 11.9 Å². The summed E-state index contributed by atoms with van der Waals surface area (Å²) in [6.45, 7) is 14.5. The number of ether oxygens (including phenoxy) is 4. The second-order valence-corrected chi connectivity index (χ2v) is 19.1. The Balaban J connectivity index is 1.82. The van der Waals surface area contributed by atoms with Crippen LogP contribution in [-0.4, -0.2) is 79.3 Å². The minimum absolute atomic E-state index is 0.0597. The number of aldehydes is 1. The van der Waals surface area contributed by atoms with E-state index in [0.717, 1.165) is 18.1 Å². The summed E-state index contributed by atoms with van der Waals surface area (Å²) in [5.74, 6) is -5.16. The van der Waals surface area contributed by atoms with Gasteiger partial charge in [-0.3, -0.25) is 14.4 Å². The van der Waals surface area contributed by atoms with Gasteiger partial charge in [-0.25, -0.2) is 4.79 Å². The average Bonchev–Trinajstić information content (AvgIpc) is 3.01. The van der Waals surface area contributed by atoms with E-state index in [0.29, 0.717) is 11.9 Å². The number of carbonyl (C=O) groups excluding carboxylic acids is 4. The van der Waals surface area contributed by atoms with Crippen molar-refractivity contribution >= 4 is 32.3 Å². The number of carbonyl (C=O) groups is 4. The van der Waals surface area contributed by atoms with E-state index in [4.69, 9.17) is 23.4 Å². The lowest BCUT2D eigenvalue weighted by Gasteiger charge is -2.72. The van der Waals surface area contributed by atoms with Crippen molar-refractivity contribution < 1.29 is 47.7 Å². The molecular weight excluding hydrogens is 608 g/mol. The lowest BCUT2D eigenvalue weighted by molar-refractivity contribution is -0.441. The van der Waals surface area contributed by atoms with Gasteiger partial charge in [-0.15, -0.1) is 0 Å². The predicted octanol–water partition coefficient (Wildman–Crippen LogP) is 4.93. The van der Waals surface area contributed by atoms with Crippen LogP contribution in [0.25, 0.3) is 0 Å². The molecule has 1 N–H and O–H groups in total. The molecule has 2 aliphatic carbocycles. The van der Waals surface area contributed by atoms with Crippen molar-refractivity contribution in [3.05, 3.63) is 47.5 Å². The predicted molar refractivity (Wildman–Crippen MR) is 170 cm³/mol. The van der Waals surface area contributed by atoms with Gasteiger partial charge in [-0.2, -0.15) is 0 Å². The normalized spacial score (nSPS) is 38.1. The zero-order chi connectivity index (χ0) is 33.9. The largest absolute Gasteiger partial charge is 0.455 e. The molecule has 8 atom stereocenters. The van der Waals surface area contributed by atoms with Crippen molar-refractivity contribution in [3.63, 3.8) is 0 Å². The number of ketones is 1. The Morgan fingerprint density at radius 1 is 1.09 bits per heavy atom. The monoisotopic (exact) mass is 656 g/mol. The van der Waals surface area contributed by atoms with Gasteiger partial charge < -0.3 is 28.5 Å². The third kappa shape index (κ3) is 4.87. The Kier molecular flexibility index (Phi) is 8.86. The lowest BCUT2D eigenvalue weighted by atomic mass is 9.45. The number of fused-ring (bicyclic) bond motifs is 3. The van der Waals surface area contributed by atoms with Gasteiger partial charge in [0.05, 0.1) is 29.6 Å². The van der Waals surface area contributed by atoms with Gasteiger partial charge in [0.25, 0.3) is 0 Å². The molecule has 1 aromatic carbocycles. The van der Waals surface area contributed by atoms with Gasteiger partial charge in [0.15, 0.2) is 26.0 Å². The van der Waals surface area contributed by atoms with Crippen molar-refractivity contribution in [1.29, 1.82) is 0 Å². The maximum absolute atomic E-state index is 14.0. The first-order valence-electron chi connectivity index (χ1n) is 16.4. The zero-order valence-corrected chi connectivity index (χ0v) is 29.2. The van der Waals surface area contributed by atoms with E-state index in [-0.39, 0.29) is 30.8 Å². The Labute approximate surface area is 272 Å². The second-order valence-electron chi connectivity index (χ2n) is 14.3. The highest BCUT2D eigenvalue weighted by Crippen LogP contribution is 2.68.